The van der Waals surface area contributed by atoms with Gasteiger partial charge in [0.2, 0.25) is 0 Å². The summed E-state index contributed by atoms with van der Waals surface area (Å²) in [5.41, 5.74) is 6.38. The lowest BCUT2D eigenvalue weighted by atomic mass is 9.77. The summed E-state index contributed by atoms with van der Waals surface area (Å²) in [4.78, 5) is 4.74. The van der Waals surface area contributed by atoms with E-state index in [0.717, 1.165) is 23.2 Å². The topological polar surface area (TPSA) is 77.0 Å². The van der Waals surface area contributed by atoms with E-state index in [1.54, 1.807) is 36.5 Å². The summed E-state index contributed by atoms with van der Waals surface area (Å²) in [6.45, 7) is 4.10. The van der Waals surface area contributed by atoms with Gasteiger partial charge >= 0.3 is 10.1 Å². The van der Waals surface area contributed by atoms with E-state index in [2.05, 4.69) is 58.9 Å². The number of aryl methyl sites for hydroxylation is 1. The molecule has 1 heterocycles. The van der Waals surface area contributed by atoms with E-state index >= 15 is 0 Å². The Kier molecular flexibility index (Phi) is 7.37. The Bertz CT molecular complexity index is 1710. The average Bonchev–Trinajstić information content (AvgIpc) is 3.48. The van der Waals surface area contributed by atoms with Crippen molar-refractivity contribution in [2.24, 2.45) is 10.9 Å². The first-order chi connectivity index (χ1) is 19.9. The minimum Gasteiger partial charge on any atom is -0.490 e. The zero-order valence-corrected chi connectivity index (χ0v) is 23.8. The van der Waals surface area contributed by atoms with E-state index in [9.17, 15) is 8.42 Å². The number of allylic oxidation sites excluding steroid dienone is 2. The summed E-state index contributed by atoms with van der Waals surface area (Å²) in [5.74, 6) is 1.40. The maximum atomic E-state index is 12.8. The molecule has 0 bridgehead atoms. The van der Waals surface area contributed by atoms with Gasteiger partial charge in [-0.2, -0.15) is 8.42 Å². The van der Waals surface area contributed by atoms with Crippen molar-refractivity contribution in [2.45, 2.75) is 37.1 Å². The highest BCUT2D eigenvalue weighted by Gasteiger charge is 2.37. The molecule has 1 aliphatic heterocycles. The number of benzene rings is 4. The number of para-hydroxylation sites is 1. The van der Waals surface area contributed by atoms with Crippen LogP contribution in [0.25, 0.3) is 0 Å². The number of hydrogen-bond donors (Lipinski definition) is 1. The molecule has 4 aromatic rings. The molecular weight excluding hydrogens is 532 g/mol. The number of hydrogen-bond acceptors (Lipinski definition) is 6. The lowest BCUT2D eigenvalue weighted by Gasteiger charge is -2.37. The quantitative estimate of drug-likeness (QED) is 0.135. The molecular formula is C34H32N2O4S. The van der Waals surface area contributed by atoms with Crippen LogP contribution in [0.5, 0.6) is 11.5 Å². The number of fused-ring (bicyclic) bond motifs is 3. The van der Waals surface area contributed by atoms with Crippen molar-refractivity contribution in [3.63, 3.8) is 0 Å². The third-order valence-electron chi connectivity index (χ3n) is 7.66. The van der Waals surface area contributed by atoms with Crippen molar-refractivity contribution in [2.75, 3.05) is 11.9 Å². The molecule has 0 saturated carbocycles. The highest BCUT2D eigenvalue weighted by atomic mass is 32.2. The van der Waals surface area contributed by atoms with Crippen LogP contribution in [0.15, 0.2) is 113 Å². The molecule has 208 valence electrons. The van der Waals surface area contributed by atoms with Gasteiger partial charge in [-0.05, 0) is 91.4 Å². The Balaban J connectivity index is 1.18. The fraction of sp³-hybridized carbons (Fsp3) is 0.206. The van der Waals surface area contributed by atoms with Crippen LogP contribution in [-0.4, -0.2) is 21.2 Å². The summed E-state index contributed by atoms with van der Waals surface area (Å²) in [5, 5.41) is 3.77. The zero-order valence-electron chi connectivity index (χ0n) is 23.0. The molecule has 0 unspecified atom stereocenters. The molecule has 0 radical (unpaired) electrons. The van der Waals surface area contributed by atoms with Crippen LogP contribution in [0.2, 0.25) is 0 Å². The van der Waals surface area contributed by atoms with Crippen molar-refractivity contribution in [3.8, 4) is 11.5 Å². The minimum absolute atomic E-state index is 0.0898. The molecule has 0 aromatic heterocycles. The standard InChI is InChI=1S/C34H32N2O4S/c1-3-39-33-21-24(13-20-32(33)40-41(37,38)27-18-11-23(2)12-19-27)22-35-26-16-14-25(15-17-26)34-30-9-6-8-28(30)29-7-4-5-10-31(29)36-34/h4-8,10-22,28,30,34,36H,3,9H2,1-2H3/t28-,30-,34+/m1/s1. The van der Waals surface area contributed by atoms with Gasteiger partial charge in [-0.3, -0.25) is 4.99 Å². The van der Waals surface area contributed by atoms with Crippen molar-refractivity contribution >= 4 is 27.7 Å². The van der Waals surface area contributed by atoms with E-state index in [4.69, 9.17) is 8.92 Å². The van der Waals surface area contributed by atoms with E-state index in [1.165, 1.54) is 28.9 Å². The third-order valence-corrected chi connectivity index (χ3v) is 8.91. The van der Waals surface area contributed by atoms with E-state index in [-0.39, 0.29) is 16.7 Å². The molecule has 0 spiro atoms. The highest BCUT2D eigenvalue weighted by molar-refractivity contribution is 7.87. The average molecular weight is 565 g/mol. The van der Waals surface area contributed by atoms with Gasteiger partial charge in [0.25, 0.3) is 0 Å². The highest BCUT2D eigenvalue weighted by Crippen LogP contribution is 2.49. The molecule has 2 aliphatic rings. The predicted octanol–water partition coefficient (Wildman–Crippen LogP) is 7.74. The Morgan fingerprint density at radius 2 is 1.73 bits per heavy atom. The SMILES string of the molecule is CCOc1cc(C=Nc2ccc([C@@H]3Nc4ccccc4[C@H]4C=CC[C@H]43)cc2)ccc1OS(=O)(=O)c1ccc(C)cc1. The summed E-state index contributed by atoms with van der Waals surface area (Å²) in [7, 11) is -4.00. The summed E-state index contributed by atoms with van der Waals surface area (Å²) >= 11 is 0. The van der Waals surface area contributed by atoms with Gasteiger partial charge in [0.05, 0.1) is 18.3 Å². The molecule has 0 amide bonds. The van der Waals surface area contributed by atoms with Gasteiger partial charge < -0.3 is 14.2 Å². The summed E-state index contributed by atoms with van der Waals surface area (Å²) in [6, 6.07) is 28.8. The molecule has 7 heteroatoms. The van der Waals surface area contributed by atoms with Gasteiger partial charge in [-0.25, -0.2) is 0 Å². The Morgan fingerprint density at radius 1 is 0.951 bits per heavy atom. The molecule has 1 N–H and O–H groups in total. The van der Waals surface area contributed by atoms with E-state index in [1.807, 2.05) is 26.0 Å². The van der Waals surface area contributed by atoms with Crippen molar-refractivity contribution < 1.29 is 17.3 Å². The van der Waals surface area contributed by atoms with Crippen LogP contribution in [-0.2, 0) is 10.1 Å². The molecule has 1 aliphatic carbocycles. The molecule has 0 fully saturated rings. The Labute approximate surface area is 241 Å². The number of nitrogens with one attached hydrogen (secondary N) is 1. The van der Waals surface area contributed by atoms with Crippen LogP contribution in [0.1, 0.15) is 47.6 Å². The predicted molar refractivity (Wildman–Crippen MR) is 163 cm³/mol. The van der Waals surface area contributed by atoms with Crippen molar-refractivity contribution in [1.82, 2.24) is 0 Å². The zero-order chi connectivity index (χ0) is 28.4. The minimum atomic E-state index is -4.00. The van der Waals surface area contributed by atoms with Crippen LogP contribution in [0.3, 0.4) is 0 Å². The lowest BCUT2D eigenvalue weighted by Crippen LogP contribution is -2.28. The monoisotopic (exact) mass is 564 g/mol. The first kappa shape index (κ1) is 26.8. The molecule has 41 heavy (non-hydrogen) atoms. The fourth-order valence-electron chi connectivity index (χ4n) is 5.60. The Morgan fingerprint density at radius 3 is 2.51 bits per heavy atom. The van der Waals surface area contributed by atoms with Gasteiger partial charge in [-0.15, -0.1) is 0 Å². The normalized spacial score (nSPS) is 19.4. The lowest BCUT2D eigenvalue weighted by molar-refractivity contribution is 0.327. The van der Waals surface area contributed by atoms with Crippen LogP contribution in [0.4, 0.5) is 11.4 Å². The molecule has 3 atom stereocenters. The molecule has 6 rings (SSSR count). The maximum absolute atomic E-state index is 12.8. The second kappa shape index (κ2) is 11.3. The number of ether oxygens (including phenoxy) is 1. The van der Waals surface area contributed by atoms with Crippen LogP contribution >= 0.6 is 0 Å². The van der Waals surface area contributed by atoms with Crippen LogP contribution in [0, 0.1) is 12.8 Å². The largest absolute Gasteiger partial charge is 0.490 e. The van der Waals surface area contributed by atoms with Crippen molar-refractivity contribution in [3.05, 3.63) is 125 Å². The first-order valence-corrected chi connectivity index (χ1v) is 15.3. The van der Waals surface area contributed by atoms with Gasteiger partial charge in [-0.1, -0.05) is 60.2 Å². The number of nitrogens with zero attached hydrogens (tertiary/aromatic N) is 1. The molecule has 4 aromatic carbocycles. The first-order valence-electron chi connectivity index (χ1n) is 13.9. The second-order valence-electron chi connectivity index (χ2n) is 10.4. The molecule has 6 nitrogen and oxygen atoms in total. The van der Waals surface area contributed by atoms with Gasteiger partial charge in [0.15, 0.2) is 11.5 Å². The number of aliphatic imine (C=N–C) groups is 1. The van der Waals surface area contributed by atoms with Crippen LogP contribution < -0.4 is 14.2 Å². The smallest absolute Gasteiger partial charge is 0.339 e. The maximum Gasteiger partial charge on any atom is 0.339 e. The molecule has 0 saturated heterocycles. The number of rotatable bonds is 8. The third kappa shape index (κ3) is 5.63. The van der Waals surface area contributed by atoms with E-state index < -0.39 is 10.1 Å². The Hall–Kier alpha value is -4.36. The second-order valence-corrected chi connectivity index (χ2v) is 11.9. The number of anilines is 1. The fourth-order valence-corrected chi connectivity index (χ4v) is 6.54. The van der Waals surface area contributed by atoms with E-state index in [0.29, 0.717) is 24.2 Å². The van der Waals surface area contributed by atoms with Gasteiger partial charge in [0, 0.05) is 17.8 Å². The summed E-state index contributed by atoms with van der Waals surface area (Å²) < 4.78 is 36.8. The van der Waals surface area contributed by atoms with Gasteiger partial charge in [0.1, 0.15) is 4.90 Å². The van der Waals surface area contributed by atoms with Crippen molar-refractivity contribution in [1.29, 1.82) is 0 Å². The summed E-state index contributed by atoms with van der Waals surface area (Å²) in [6.07, 6.45) is 7.45.